The predicted octanol–water partition coefficient (Wildman–Crippen LogP) is 4.69. The van der Waals surface area contributed by atoms with E-state index in [0.29, 0.717) is 4.90 Å². The van der Waals surface area contributed by atoms with E-state index in [1.54, 1.807) is 18.2 Å². The van der Waals surface area contributed by atoms with Crippen LogP contribution in [0.1, 0.15) is 25.0 Å². The average molecular weight is 297 g/mol. The van der Waals surface area contributed by atoms with Gasteiger partial charge in [-0.25, -0.2) is 4.21 Å². The third-order valence-electron chi connectivity index (χ3n) is 2.64. The Hall–Kier alpha value is -2.18. The summed E-state index contributed by atoms with van der Waals surface area (Å²) in [6, 6.07) is 18.8. The average Bonchev–Trinajstić information content (AvgIpc) is 2.55. The lowest BCUT2D eigenvalue weighted by molar-refractivity contribution is 0.687. The quantitative estimate of drug-likeness (QED) is 0.771. The minimum absolute atomic E-state index is 0.259. The maximum atomic E-state index is 12.3. The van der Waals surface area contributed by atoms with E-state index >= 15 is 0 Å². The van der Waals surface area contributed by atoms with E-state index in [4.69, 9.17) is 5.26 Å². The lowest BCUT2D eigenvalue weighted by Crippen LogP contribution is -1.94. The summed E-state index contributed by atoms with van der Waals surface area (Å²) in [7, 11) is -1.43. The number of aryl methyl sites for hydroxylation is 1. The Bertz CT molecular complexity index is 652. The van der Waals surface area contributed by atoms with Gasteiger partial charge in [0, 0.05) is 4.90 Å². The number of hydrogen-bond acceptors (Lipinski definition) is 2. The zero-order chi connectivity index (χ0) is 15.7. The second kappa shape index (κ2) is 8.89. The molecule has 108 valence electrons. The normalized spacial score (nSPS) is 11.8. The predicted molar refractivity (Wildman–Crippen MR) is 89.0 cm³/mol. The first-order valence-corrected chi connectivity index (χ1v) is 8.01. The number of allylic oxidation sites excluding steroid dienone is 1. The smallest absolute Gasteiger partial charge is 0.121 e. The molecule has 0 aromatic heterocycles. The van der Waals surface area contributed by atoms with Gasteiger partial charge in [0.1, 0.15) is 11.0 Å². The minimum atomic E-state index is -1.43. The summed E-state index contributed by atoms with van der Waals surface area (Å²) in [5.74, 6) is 0. The van der Waals surface area contributed by atoms with E-state index in [2.05, 4.69) is 0 Å². The Morgan fingerprint density at radius 3 is 2.14 bits per heavy atom. The van der Waals surface area contributed by atoms with Crippen LogP contribution < -0.4 is 0 Å². The highest BCUT2D eigenvalue weighted by atomic mass is 32.2. The Labute approximate surface area is 129 Å². The SMILES string of the molecule is CC.Cc1ccc(S(=O)/C(C#N)=C/c2ccccc2)cc1. The molecule has 0 bridgehead atoms. The van der Waals surface area contributed by atoms with Gasteiger partial charge in [0.05, 0.1) is 10.8 Å². The number of rotatable bonds is 3. The van der Waals surface area contributed by atoms with Crippen LogP contribution in [0.15, 0.2) is 64.4 Å². The van der Waals surface area contributed by atoms with Crippen LogP contribution in [-0.4, -0.2) is 4.21 Å². The minimum Gasteiger partial charge on any atom is -0.248 e. The summed E-state index contributed by atoms with van der Waals surface area (Å²) in [5.41, 5.74) is 1.98. The first-order valence-electron chi connectivity index (χ1n) is 6.86. The van der Waals surface area contributed by atoms with Crippen molar-refractivity contribution in [3.05, 3.63) is 70.6 Å². The lowest BCUT2D eigenvalue weighted by atomic mass is 10.2. The number of hydrogen-bond donors (Lipinski definition) is 0. The van der Waals surface area contributed by atoms with Crippen LogP contribution in [0.3, 0.4) is 0 Å². The van der Waals surface area contributed by atoms with E-state index in [1.807, 2.05) is 69.3 Å². The van der Waals surface area contributed by atoms with Crippen molar-refractivity contribution in [3.63, 3.8) is 0 Å². The molecule has 1 atom stereocenters. The molecule has 0 fully saturated rings. The van der Waals surface area contributed by atoms with Gasteiger partial charge in [-0.2, -0.15) is 5.26 Å². The summed E-state index contributed by atoms with van der Waals surface area (Å²) in [4.78, 5) is 0.907. The van der Waals surface area contributed by atoms with Gasteiger partial charge in [-0.3, -0.25) is 0 Å². The van der Waals surface area contributed by atoms with Crippen LogP contribution in [0.4, 0.5) is 0 Å². The van der Waals surface area contributed by atoms with Crippen molar-refractivity contribution >= 4 is 16.9 Å². The standard InChI is InChI=1S/C16H13NOS.C2H6/c1-13-7-9-15(10-8-13)19(18)16(12-17)11-14-5-3-2-4-6-14;1-2/h2-11H,1H3;1-2H3/b16-11+;. The summed E-state index contributed by atoms with van der Waals surface area (Å²) in [6.45, 7) is 5.97. The molecular weight excluding hydrogens is 278 g/mol. The van der Waals surface area contributed by atoms with Crippen molar-refractivity contribution in [3.8, 4) is 6.07 Å². The Morgan fingerprint density at radius 2 is 1.62 bits per heavy atom. The fourth-order valence-electron chi connectivity index (χ4n) is 1.62. The third kappa shape index (κ3) is 5.02. The largest absolute Gasteiger partial charge is 0.248 e. The first kappa shape index (κ1) is 16.9. The molecule has 21 heavy (non-hydrogen) atoms. The number of nitriles is 1. The molecule has 2 aromatic rings. The zero-order valence-corrected chi connectivity index (χ0v) is 13.4. The maximum absolute atomic E-state index is 12.3. The van der Waals surface area contributed by atoms with Crippen molar-refractivity contribution in [2.75, 3.05) is 0 Å². The summed E-state index contributed by atoms with van der Waals surface area (Å²) < 4.78 is 12.3. The van der Waals surface area contributed by atoms with E-state index < -0.39 is 10.8 Å². The van der Waals surface area contributed by atoms with Gasteiger partial charge in [-0.1, -0.05) is 61.9 Å². The fraction of sp³-hybridized carbons (Fsp3) is 0.167. The van der Waals surface area contributed by atoms with Gasteiger partial charge in [0.25, 0.3) is 0 Å². The molecule has 0 aliphatic heterocycles. The molecule has 0 saturated carbocycles. The van der Waals surface area contributed by atoms with Gasteiger partial charge in [-0.05, 0) is 30.7 Å². The van der Waals surface area contributed by atoms with Crippen LogP contribution >= 0.6 is 0 Å². The molecule has 2 rings (SSSR count). The van der Waals surface area contributed by atoms with Crippen LogP contribution in [0.5, 0.6) is 0 Å². The first-order chi connectivity index (χ1) is 10.2. The van der Waals surface area contributed by atoms with Crippen molar-refractivity contribution < 1.29 is 4.21 Å². The third-order valence-corrected chi connectivity index (χ3v) is 3.95. The van der Waals surface area contributed by atoms with Crippen LogP contribution in [0.2, 0.25) is 0 Å². The van der Waals surface area contributed by atoms with Gasteiger partial charge >= 0.3 is 0 Å². The Morgan fingerprint density at radius 1 is 1.05 bits per heavy atom. The molecule has 0 spiro atoms. The molecule has 2 aromatic carbocycles. The highest BCUT2D eigenvalue weighted by Gasteiger charge is 2.09. The molecule has 0 aliphatic carbocycles. The zero-order valence-electron chi connectivity index (χ0n) is 12.5. The molecular formula is C18H19NOS. The molecule has 0 radical (unpaired) electrons. The van der Waals surface area contributed by atoms with Gasteiger partial charge < -0.3 is 0 Å². The topological polar surface area (TPSA) is 40.9 Å². The van der Waals surface area contributed by atoms with Gasteiger partial charge in [-0.15, -0.1) is 0 Å². The second-order valence-corrected chi connectivity index (χ2v) is 5.56. The van der Waals surface area contributed by atoms with Crippen LogP contribution in [0, 0.1) is 18.3 Å². The van der Waals surface area contributed by atoms with Crippen molar-refractivity contribution in [2.45, 2.75) is 25.7 Å². The highest BCUT2D eigenvalue weighted by molar-refractivity contribution is 7.89. The molecule has 0 saturated heterocycles. The maximum Gasteiger partial charge on any atom is 0.121 e. The monoisotopic (exact) mass is 297 g/mol. The van der Waals surface area contributed by atoms with E-state index in [1.165, 1.54) is 0 Å². The van der Waals surface area contributed by atoms with Crippen molar-refractivity contribution in [1.29, 1.82) is 5.26 Å². The molecule has 3 heteroatoms. The van der Waals surface area contributed by atoms with E-state index in [9.17, 15) is 4.21 Å². The Balaban J connectivity index is 0.00000106. The van der Waals surface area contributed by atoms with Crippen molar-refractivity contribution in [1.82, 2.24) is 0 Å². The highest BCUT2D eigenvalue weighted by Crippen LogP contribution is 2.17. The summed E-state index contributed by atoms with van der Waals surface area (Å²) in [6.07, 6.45) is 1.66. The molecule has 1 unspecified atom stereocenters. The van der Waals surface area contributed by atoms with Crippen molar-refractivity contribution in [2.24, 2.45) is 0 Å². The number of benzene rings is 2. The molecule has 0 amide bonds. The molecule has 0 N–H and O–H groups in total. The molecule has 2 nitrogen and oxygen atoms in total. The second-order valence-electron chi connectivity index (χ2n) is 4.11. The van der Waals surface area contributed by atoms with Crippen LogP contribution in [-0.2, 0) is 10.8 Å². The van der Waals surface area contributed by atoms with E-state index in [0.717, 1.165) is 11.1 Å². The van der Waals surface area contributed by atoms with Gasteiger partial charge in [0.15, 0.2) is 0 Å². The summed E-state index contributed by atoms with van der Waals surface area (Å²) in [5, 5.41) is 9.16. The summed E-state index contributed by atoms with van der Waals surface area (Å²) >= 11 is 0. The molecule has 0 aliphatic rings. The Kier molecular flexibility index (Phi) is 7.14. The van der Waals surface area contributed by atoms with E-state index in [-0.39, 0.29) is 4.91 Å². The van der Waals surface area contributed by atoms with Crippen LogP contribution in [0.25, 0.3) is 6.08 Å². The lowest BCUT2D eigenvalue weighted by Gasteiger charge is -2.01. The fourth-order valence-corrected chi connectivity index (χ4v) is 2.58. The van der Waals surface area contributed by atoms with Gasteiger partial charge in [0.2, 0.25) is 0 Å². The number of nitrogens with zero attached hydrogens (tertiary/aromatic N) is 1. The molecule has 0 heterocycles.